The quantitative estimate of drug-likeness (QED) is 0.642. The molecule has 68 valence electrons. The van der Waals surface area contributed by atoms with Crippen LogP contribution in [0.2, 0.25) is 0 Å². The standard InChI is InChI=1S/C7H7F2N.CH3F/c1-7(8,9)6-4-2-3-5-10-6;1-2/h2-5H,1H3;1H3. The van der Waals surface area contributed by atoms with Gasteiger partial charge in [0.05, 0.1) is 7.18 Å². The van der Waals surface area contributed by atoms with E-state index < -0.39 is 5.92 Å². The highest BCUT2D eigenvalue weighted by Crippen LogP contribution is 2.23. The summed E-state index contributed by atoms with van der Waals surface area (Å²) in [6.45, 7) is 0.829. The second-order valence-corrected chi connectivity index (χ2v) is 2.10. The summed E-state index contributed by atoms with van der Waals surface area (Å²) < 4.78 is 34.3. The van der Waals surface area contributed by atoms with Gasteiger partial charge in [-0.3, -0.25) is 9.37 Å². The first-order chi connectivity index (χ1) is 5.61. The zero-order chi connectivity index (χ0) is 9.61. The summed E-state index contributed by atoms with van der Waals surface area (Å²) in [5, 5.41) is 0. The van der Waals surface area contributed by atoms with Crippen LogP contribution < -0.4 is 0 Å². The summed E-state index contributed by atoms with van der Waals surface area (Å²) in [6.07, 6.45) is 1.35. The molecule has 0 aliphatic carbocycles. The van der Waals surface area contributed by atoms with Gasteiger partial charge in [-0.05, 0) is 12.1 Å². The van der Waals surface area contributed by atoms with Crippen molar-refractivity contribution in [2.45, 2.75) is 12.8 Å². The molecule has 12 heavy (non-hydrogen) atoms. The second kappa shape index (κ2) is 4.74. The van der Waals surface area contributed by atoms with Crippen molar-refractivity contribution in [3.8, 4) is 0 Å². The molecule has 0 radical (unpaired) electrons. The number of nitrogens with zero attached hydrogens (tertiary/aromatic N) is 1. The van der Waals surface area contributed by atoms with E-state index in [0.29, 0.717) is 7.18 Å². The first-order valence-corrected chi connectivity index (χ1v) is 3.28. The van der Waals surface area contributed by atoms with Gasteiger partial charge in [-0.2, -0.15) is 8.78 Å². The zero-order valence-electron chi connectivity index (χ0n) is 6.89. The van der Waals surface area contributed by atoms with Gasteiger partial charge in [0.15, 0.2) is 0 Å². The Morgan fingerprint density at radius 2 is 1.83 bits per heavy atom. The molecule has 0 saturated heterocycles. The maximum Gasteiger partial charge on any atom is 0.286 e. The van der Waals surface area contributed by atoms with Gasteiger partial charge in [-0.25, -0.2) is 0 Å². The molecule has 0 atom stereocenters. The minimum absolute atomic E-state index is 0.185. The van der Waals surface area contributed by atoms with E-state index in [-0.39, 0.29) is 5.69 Å². The fourth-order valence-electron chi connectivity index (χ4n) is 0.622. The first kappa shape index (κ1) is 10.9. The highest BCUT2D eigenvalue weighted by atomic mass is 19.3. The van der Waals surface area contributed by atoms with Crippen molar-refractivity contribution >= 4 is 0 Å². The van der Waals surface area contributed by atoms with Gasteiger partial charge in [0.2, 0.25) is 0 Å². The lowest BCUT2D eigenvalue weighted by Gasteiger charge is -2.07. The fourth-order valence-corrected chi connectivity index (χ4v) is 0.622. The number of aromatic nitrogens is 1. The molecule has 0 N–H and O–H groups in total. The van der Waals surface area contributed by atoms with Crippen molar-refractivity contribution in [3.05, 3.63) is 30.1 Å². The Bertz CT molecular complexity index is 205. The lowest BCUT2D eigenvalue weighted by Crippen LogP contribution is -2.08. The van der Waals surface area contributed by atoms with Gasteiger partial charge < -0.3 is 0 Å². The van der Waals surface area contributed by atoms with Gasteiger partial charge in [-0.15, -0.1) is 0 Å². The van der Waals surface area contributed by atoms with Crippen LogP contribution in [0.15, 0.2) is 24.4 Å². The average molecular weight is 177 g/mol. The van der Waals surface area contributed by atoms with Crippen molar-refractivity contribution in [1.82, 2.24) is 4.98 Å². The van der Waals surface area contributed by atoms with Crippen LogP contribution >= 0.6 is 0 Å². The largest absolute Gasteiger partial charge is 0.286 e. The number of pyridine rings is 1. The Labute approximate surface area is 69.2 Å². The number of alkyl halides is 3. The maximum atomic E-state index is 12.4. The predicted molar refractivity (Wildman–Crippen MR) is 40.8 cm³/mol. The molecule has 1 aromatic rings. The molecule has 1 heterocycles. The lowest BCUT2D eigenvalue weighted by molar-refractivity contribution is 0.0128. The van der Waals surface area contributed by atoms with Crippen LogP contribution in [0.3, 0.4) is 0 Å². The Balaban J connectivity index is 0.000000561. The monoisotopic (exact) mass is 177 g/mol. The molecule has 4 heteroatoms. The van der Waals surface area contributed by atoms with Gasteiger partial charge in [-0.1, -0.05) is 6.07 Å². The van der Waals surface area contributed by atoms with Crippen LogP contribution in [-0.4, -0.2) is 12.2 Å². The van der Waals surface area contributed by atoms with Crippen molar-refractivity contribution in [3.63, 3.8) is 0 Å². The highest BCUT2D eigenvalue weighted by Gasteiger charge is 2.24. The lowest BCUT2D eigenvalue weighted by atomic mass is 10.2. The number of halogens is 3. The van der Waals surface area contributed by atoms with E-state index in [9.17, 15) is 13.2 Å². The smallest absolute Gasteiger partial charge is 0.255 e. The molecule has 0 aliphatic heterocycles. The van der Waals surface area contributed by atoms with Crippen molar-refractivity contribution in [2.24, 2.45) is 0 Å². The molecule has 0 aliphatic rings. The van der Waals surface area contributed by atoms with Crippen molar-refractivity contribution in [2.75, 3.05) is 7.18 Å². The molecule has 0 bridgehead atoms. The Morgan fingerprint density at radius 1 is 1.25 bits per heavy atom. The fraction of sp³-hybridized carbons (Fsp3) is 0.375. The van der Waals surface area contributed by atoms with E-state index in [1.165, 1.54) is 12.3 Å². The molecule has 1 nitrogen and oxygen atoms in total. The maximum absolute atomic E-state index is 12.4. The normalized spacial score (nSPS) is 10.1. The van der Waals surface area contributed by atoms with E-state index in [0.717, 1.165) is 6.92 Å². The summed E-state index contributed by atoms with van der Waals surface area (Å²) >= 11 is 0. The van der Waals surface area contributed by atoms with Crippen LogP contribution in [0.5, 0.6) is 0 Å². The third kappa shape index (κ3) is 3.37. The first-order valence-electron chi connectivity index (χ1n) is 3.28. The molecular formula is C8H10F3N. The minimum Gasteiger partial charge on any atom is -0.255 e. The molecule has 0 unspecified atom stereocenters. The summed E-state index contributed by atoms with van der Waals surface area (Å²) in [7, 11) is 0.500. The van der Waals surface area contributed by atoms with E-state index in [1.807, 2.05) is 0 Å². The highest BCUT2D eigenvalue weighted by molar-refractivity contribution is 5.08. The molecule has 1 rings (SSSR count). The SMILES string of the molecule is CC(F)(F)c1ccccn1.CF. The molecule has 0 spiro atoms. The van der Waals surface area contributed by atoms with Crippen LogP contribution in [0.25, 0.3) is 0 Å². The third-order valence-corrected chi connectivity index (χ3v) is 1.11. The van der Waals surface area contributed by atoms with E-state index >= 15 is 0 Å². The average Bonchev–Trinajstić information content (AvgIpc) is 2.08. The summed E-state index contributed by atoms with van der Waals surface area (Å²) in [5.41, 5.74) is -0.185. The second-order valence-electron chi connectivity index (χ2n) is 2.10. The summed E-state index contributed by atoms with van der Waals surface area (Å²) in [4.78, 5) is 3.50. The number of hydrogen-bond donors (Lipinski definition) is 0. The predicted octanol–water partition coefficient (Wildman–Crippen LogP) is 2.78. The number of hydrogen-bond acceptors (Lipinski definition) is 1. The molecular weight excluding hydrogens is 167 g/mol. The summed E-state index contributed by atoms with van der Waals surface area (Å²) in [5.74, 6) is -2.82. The molecule has 0 aromatic carbocycles. The van der Waals surface area contributed by atoms with Crippen LogP contribution in [0.1, 0.15) is 12.6 Å². The van der Waals surface area contributed by atoms with E-state index in [4.69, 9.17) is 0 Å². The minimum atomic E-state index is -2.82. The van der Waals surface area contributed by atoms with Crippen LogP contribution in [0.4, 0.5) is 13.2 Å². The number of rotatable bonds is 1. The summed E-state index contributed by atoms with van der Waals surface area (Å²) in [6, 6.07) is 4.45. The topological polar surface area (TPSA) is 12.9 Å². The Kier molecular flexibility index (Phi) is 4.33. The van der Waals surface area contributed by atoms with Crippen LogP contribution in [-0.2, 0) is 5.92 Å². The third-order valence-electron chi connectivity index (χ3n) is 1.11. The van der Waals surface area contributed by atoms with Gasteiger partial charge in [0.25, 0.3) is 5.92 Å². The zero-order valence-corrected chi connectivity index (χ0v) is 6.89. The van der Waals surface area contributed by atoms with Gasteiger partial charge >= 0.3 is 0 Å². The molecule has 0 saturated carbocycles. The molecule has 1 aromatic heterocycles. The van der Waals surface area contributed by atoms with Crippen molar-refractivity contribution < 1.29 is 13.2 Å². The van der Waals surface area contributed by atoms with Crippen molar-refractivity contribution in [1.29, 1.82) is 0 Å². The van der Waals surface area contributed by atoms with E-state index in [2.05, 4.69) is 4.98 Å². The Morgan fingerprint density at radius 3 is 2.08 bits per heavy atom. The van der Waals surface area contributed by atoms with Crippen LogP contribution in [0, 0.1) is 0 Å². The molecule has 0 amide bonds. The van der Waals surface area contributed by atoms with E-state index in [1.54, 1.807) is 12.1 Å². The van der Waals surface area contributed by atoms with Gasteiger partial charge in [0.1, 0.15) is 5.69 Å². The Hall–Kier alpha value is -1.06. The molecule has 0 fully saturated rings. The van der Waals surface area contributed by atoms with Gasteiger partial charge in [0, 0.05) is 13.1 Å².